The fraction of sp³-hybridized carbons (Fsp3) is 0.455. The molecule has 0 aliphatic carbocycles. The van der Waals surface area contributed by atoms with Crippen LogP contribution >= 0.6 is 15.9 Å². The Morgan fingerprint density at radius 3 is 2.50 bits per heavy atom. The molecule has 0 heterocycles. The van der Waals surface area contributed by atoms with E-state index >= 15 is 0 Å². The van der Waals surface area contributed by atoms with Crippen LogP contribution in [-0.4, -0.2) is 9.96 Å². The van der Waals surface area contributed by atoms with Gasteiger partial charge in [0.15, 0.2) is 0 Å². The molecule has 0 N–H and O–H groups in total. The van der Waals surface area contributed by atoms with Crippen LogP contribution in [0.5, 0.6) is 0 Å². The van der Waals surface area contributed by atoms with Crippen LogP contribution in [0.1, 0.15) is 25.3 Å². The molecule has 0 fully saturated rings. The SMILES string of the molecule is CCCC[S@@](=O)Cc1ccc(Br)cc1. The fourth-order valence-corrected chi connectivity index (χ4v) is 2.73. The van der Waals surface area contributed by atoms with Crippen molar-refractivity contribution in [2.24, 2.45) is 0 Å². The summed E-state index contributed by atoms with van der Waals surface area (Å²) in [4.78, 5) is 0. The van der Waals surface area contributed by atoms with Gasteiger partial charge in [0.05, 0.1) is 0 Å². The molecule has 78 valence electrons. The summed E-state index contributed by atoms with van der Waals surface area (Å²) in [6, 6.07) is 8.03. The number of hydrogen-bond acceptors (Lipinski definition) is 1. The van der Waals surface area contributed by atoms with Crippen LogP contribution in [0.3, 0.4) is 0 Å². The summed E-state index contributed by atoms with van der Waals surface area (Å²) in [6.07, 6.45) is 2.18. The normalized spacial score (nSPS) is 12.7. The second kappa shape index (κ2) is 6.36. The van der Waals surface area contributed by atoms with Crippen LogP contribution in [-0.2, 0) is 16.6 Å². The molecular weight excluding hydrogens is 260 g/mol. The minimum absolute atomic E-state index is 0.688. The first-order valence-corrected chi connectivity index (χ1v) is 7.10. The molecule has 0 amide bonds. The Balaban J connectivity index is 2.44. The molecule has 0 bridgehead atoms. The number of benzene rings is 1. The molecule has 1 nitrogen and oxygen atoms in total. The lowest BCUT2D eigenvalue weighted by atomic mass is 10.2. The van der Waals surface area contributed by atoms with Crippen LogP contribution in [0.15, 0.2) is 28.7 Å². The van der Waals surface area contributed by atoms with Gasteiger partial charge in [0.1, 0.15) is 0 Å². The average Bonchev–Trinajstić information content (AvgIpc) is 2.18. The Bertz CT molecular complexity index is 295. The van der Waals surface area contributed by atoms with E-state index < -0.39 is 10.8 Å². The molecule has 1 aromatic carbocycles. The maximum atomic E-state index is 11.6. The molecule has 0 unspecified atom stereocenters. The fourth-order valence-electron chi connectivity index (χ4n) is 1.14. The maximum Gasteiger partial charge on any atom is 0.0485 e. The van der Waals surface area contributed by atoms with Crippen molar-refractivity contribution in [3.63, 3.8) is 0 Å². The second-order valence-electron chi connectivity index (χ2n) is 3.27. The maximum absolute atomic E-state index is 11.6. The van der Waals surface area contributed by atoms with Gasteiger partial charge in [-0.2, -0.15) is 0 Å². The second-order valence-corrected chi connectivity index (χ2v) is 5.76. The summed E-state index contributed by atoms with van der Waals surface area (Å²) >= 11 is 3.38. The van der Waals surface area contributed by atoms with Crippen LogP contribution in [0.4, 0.5) is 0 Å². The van der Waals surface area contributed by atoms with Gasteiger partial charge in [-0.05, 0) is 24.1 Å². The van der Waals surface area contributed by atoms with Crippen LogP contribution < -0.4 is 0 Å². The Morgan fingerprint density at radius 2 is 1.93 bits per heavy atom. The van der Waals surface area contributed by atoms with Gasteiger partial charge in [0.2, 0.25) is 0 Å². The van der Waals surface area contributed by atoms with E-state index in [1.54, 1.807) is 0 Å². The Hall–Kier alpha value is -0.150. The third-order valence-corrected chi connectivity index (χ3v) is 3.89. The van der Waals surface area contributed by atoms with Gasteiger partial charge in [-0.25, -0.2) is 0 Å². The highest BCUT2D eigenvalue weighted by Gasteiger charge is 2.00. The lowest BCUT2D eigenvalue weighted by molar-refractivity contribution is 0.679. The van der Waals surface area contributed by atoms with Gasteiger partial charge in [0, 0.05) is 26.8 Å². The van der Waals surface area contributed by atoms with Gasteiger partial charge in [-0.3, -0.25) is 4.21 Å². The van der Waals surface area contributed by atoms with Gasteiger partial charge >= 0.3 is 0 Å². The van der Waals surface area contributed by atoms with Crippen molar-refractivity contribution in [1.82, 2.24) is 0 Å². The quantitative estimate of drug-likeness (QED) is 0.803. The number of rotatable bonds is 5. The van der Waals surface area contributed by atoms with Crippen molar-refractivity contribution in [2.75, 3.05) is 5.75 Å². The minimum Gasteiger partial charge on any atom is -0.259 e. The standard InChI is InChI=1S/C11H15BrOS/c1-2-3-8-14(13)9-10-4-6-11(12)7-5-10/h4-7H,2-3,8-9H2,1H3/t14-/m1/s1. The van der Waals surface area contributed by atoms with E-state index in [1.807, 2.05) is 24.3 Å². The molecule has 1 rings (SSSR count). The largest absolute Gasteiger partial charge is 0.259 e. The third-order valence-electron chi connectivity index (χ3n) is 1.97. The van der Waals surface area contributed by atoms with E-state index in [2.05, 4.69) is 22.9 Å². The van der Waals surface area contributed by atoms with Crippen LogP contribution in [0.25, 0.3) is 0 Å². The summed E-state index contributed by atoms with van der Waals surface area (Å²) in [5.74, 6) is 1.51. The van der Waals surface area contributed by atoms with Crippen molar-refractivity contribution in [1.29, 1.82) is 0 Å². The first-order chi connectivity index (χ1) is 6.72. The molecule has 0 saturated carbocycles. The van der Waals surface area contributed by atoms with Crippen molar-refractivity contribution in [2.45, 2.75) is 25.5 Å². The minimum atomic E-state index is -0.693. The zero-order valence-corrected chi connectivity index (χ0v) is 10.7. The van der Waals surface area contributed by atoms with E-state index in [1.165, 1.54) is 0 Å². The van der Waals surface area contributed by atoms with Crippen molar-refractivity contribution < 1.29 is 4.21 Å². The topological polar surface area (TPSA) is 17.1 Å². The summed E-state index contributed by atoms with van der Waals surface area (Å²) in [6.45, 7) is 2.12. The van der Waals surface area contributed by atoms with Gasteiger partial charge < -0.3 is 0 Å². The number of unbranched alkanes of at least 4 members (excludes halogenated alkanes) is 1. The molecule has 3 heteroatoms. The van der Waals surface area contributed by atoms with E-state index in [4.69, 9.17) is 0 Å². The first-order valence-electron chi connectivity index (χ1n) is 4.82. The lowest BCUT2D eigenvalue weighted by Gasteiger charge is -2.01. The Kier molecular flexibility index (Phi) is 5.41. The third kappa shape index (κ3) is 4.38. The summed E-state index contributed by atoms with van der Waals surface area (Å²) < 4.78 is 12.6. The summed E-state index contributed by atoms with van der Waals surface area (Å²) in [7, 11) is -0.693. The van der Waals surface area contributed by atoms with Crippen LogP contribution in [0, 0.1) is 0 Å². The molecule has 0 aliphatic heterocycles. The number of halogens is 1. The molecule has 0 radical (unpaired) electrons. The Morgan fingerprint density at radius 1 is 1.29 bits per heavy atom. The van der Waals surface area contributed by atoms with Crippen molar-refractivity contribution in [3.8, 4) is 0 Å². The van der Waals surface area contributed by atoms with E-state index in [-0.39, 0.29) is 0 Å². The molecular formula is C11H15BrOS. The molecule has 0 saturated heterocycles. The molecule has 14 heavy (non-hydrogen) atoms. The van der Waals surface area contributed by atoms with Crippen LogP contribution in [0.2, 0.25) is 0 Å². The highest BCUT2D eigenvalue weighted by atomic mass is 79.9. The monoisotopic (exact) mass is 274 g/mol. The Labute approximate surface area is 96.5 Å². The van der Waals surface area contributed by atoms with Gasteiger partial charge in [-0.1, -0.05) is 41.4 Å². The zero-order chi connectivity index (χ0) is 10.4. The molecule has 0 spiro atoms. The number of hydrogen-bond donors (Lipinski definition) is 0. The highest BCUT2D eigenvalue weighted by molar-refractivity contribution is 9.10. The smallest absolute Gasteiger partial charge is 0.0485 e. The molecule has 1 aromatic rings. The first kappa shape index (κ1) is 11.9. The van der Waals surface area contributed by atoms with E-state index in [9.17, 15) is 4.21 Å². The van der Waals surface area contributed by atoms with Crippen molar-refractivity contribution in [3.05, 3.63) is 34.3 Å². The molecule has 1 atom stereocenters. The average molecular weight is 275 g/mol. The zero-order valence-electron chi connectivity index (χ0n) is 8.33. The predicted molar refractivity (Wildman–Crippen MR) is 65.8 cm³/mol. The van der Waals surface area contributed by atoms with E-state index in [0.29, 0.717) is 5.75 Å². The summed E-state index contributed by atoms with van der Waals surface area (Å²) in [5.41, 5.74) is 1.16. The molecule has 0 aliphatic rings. The highest BCUT2D eigenvalue weighted by Crippen LogP contribution is 2.12. The molecule has 0 aromatic heterocycles. The van der Waals surface area contributed by atoms with E-state index in [0.717, 1.165) is 28.6 Å². The predicted octanol–water partition coefficient (Wildman–Crippen LogP) is 3.50. The van der Waals surface area contributed by atoms with Crippen molar-refractivity contribution >= 4 is 26.7 Å². The summed E-state index contributed by atoms with van der Waals surface area (Å²) in [5, 5.41) is 0. The van der Waals surface area contributed by atoms with Gasteiger partial charge in [-0.15, -0.1) is 0 Å². The lowest BCUT2D eigenvalue weighted by Crippen LogP contribution is -2.00. The van der Waals surface area contributed by atoms with Gasteiger partial charge in [0.25, 0.3) is 0 Å².